The van der Waals surface area contributed by atoms with Crippen LogP contribution in [0.2, 0.25) is 0 Å². The normalized spacial score (nSPS) is 21.2. The van der Waals surface area contributed by atoms with E-state index in [0.717, 1.165) is 12.2 Å². The fourth-order valence-corrected chi connectivity index (χ4v) is 3.69. The van der Waals surface area contributed by atoms with Crippen molar-refractivity contribution in [2.45, 2.75) is 11.3 Å². The van der Waals surface area contributed by atoms with Crippen LogP contribution in [0, 0.1) is 11.8 Å². The maximum atomic E-state index is 12.0. The average molecular weight is 298 g/mol. The lowest BCUT2D eigenvalue weighted by molar-refractivity contribution is -0.141. The molecule has 1 heterocycles. The molecule has 108 valence electrons. The van der Waals surface area contributed by atoms with Crippen LogP contribution < -0.4 is 0 Å². The number of hydrogen-bond acceptors (Lipinski definition) is 3. The van der Waals surface area contributed by atoms with Gasteiger partial charge in [0, 0.05) is 16.6 Å². The van der Waals surface area contributed by atoms with Gasteiger partial charge >= 0.3 is 5.97 Å². The highest BCUT2D eigenvalue weighted by molar-refractivity contribution is 7.99. The summed E-state index contributed by atoms with van der Waals surface area (Å²) in [7, 11) is 0. The second-order valence-corrected chi connectivity index (χ2v) is 6.40. The number of ether oxygens (including phenoxy) is 1. The first-order valence-corrected chi connectivity index (χ1v) is 8.20. The molecular weight excluding hydrogens is 280 g/mol. The van der Waals surface area contributed by atoms with E-state index in [9.17, 15) is 4.79 Å². The topological polar surface area (TPSA) is 26.3 Å². The van der Waals surface area contributed by atoms with E-state index in [-0.39, 0.29) is 11.9 Å². The molecule has 0 aliphatic carbocycles. The summed E-state index contributed by atoms with van der Waals surface area (Å²) < 4.78 is 5.29. The van der Waals surface area contributed by atoms with E-state index in [0.29, 0.717) is 12.5 Å². The lowest BCUT2D eigenvalue weighted by atomic mass is 9.90. The largest absolute Gasteiger partial charge is 0.465 e. The third kappa shape index (κ3) is 3.67. The summed E-state index contributed by atoms with van der Waals surface area (Å²) in [5, 5.41) is 0. The third-order valence-electron chi connectivity index (χ3n) is 3.82. The van der Waals surface area contributed by atoms with Gasteiger partial charge in [0.15, 0.2) is 0 Å². The van der Waals surface area contributed by atoms with Crippen molar-refractivity contribution >= 4 is 17.7 Å². The number of benzene rings is 2. The summed E-state index contributed by atoms with van der Waals surface area (Å²) in [6.45, 7) is 0.552. The maximum absolute atomic E-state index is 12.0. The highest BCUT2D eigenvalue weighted by Gasteiger charge is 2.36. The van der Waals surface area contributed by atoms with Crippen LogP contribution in [0.5, 0.6) is 0 Å². The van der Waals surface area contributed by atoms with Crippen molar-refractivity contribution in [2.75, 3.05) is 12.4 Å². The van der Waals surface area contributed by atoms with Gasteiger partial charge in [0.25, 0.3) is 0 Å². The molecule has 21 heavy (non-hydrogen) atoms. The van der Waals surface area contributed by atoms with Gasteiger partial charge in [-0.2, -0.15) is 0 Å². The van der Waals surface area contributed by atoms with Crippen molar-refractivity contribution in [1.29, 1.82) is 0 Å². The van der Waals surface area contributed by atoms with Crippen LogP contribution in [-0.2, 0) is 16.0 Å². The first kappa shape index (κ1) is 14.2. The SMILES string of the molecule is O=C1OC[C@@H](CSc2ccccc2)[C@@H]1Cc1ccccc1. The number of esters is 1. The Morgan fingerprint density at radius 2 is 1.67 bits per heavy atom. The van der Waals surface area contributed by atoms with E-state index in [1.807, 2.05) is 36.4 Å². The molecule has 1 aliphatic heterocycles. The molecule has 0 saturated carbocycles. The van der Waals surface area contributed by atoms with Crippen LogP contribution >= 0.6 is 11.8 Å². The van der Waals surface area contributed by atoms with Crippen molar-refractivity contribution < 1.29 is 9.53 Å². The van der Waals surface area contributed by atoms with Crippen LogP contribution in [0.1, 0.15) is 5.56 Å². The van der Waals surface area contributed by atoms with Crippen molar-refractivity contribution in [3.8, 4) is 0 Å². The van der Waals surface area contributed by atoms with Crippen LogP contribution in [0.25, 0.3) is 0 Å². The Hall–Kier alpha value is -1.74. The fourth-order valence-electron chi connectivity index (χ4n) is 2.61. The number of cyclic esters (lactones) is 1. The number of hydrogen-bond donors (Lipinski definition) is 0. The first-order valence-electron chi connectivity index (χ1n) is 7.21. The standard InChI is InChI=1S/C18H18O2S/c19-18-17(11-14-7-3-1-4-8-14)15(12-20-18)13-21-16-9-5-2-6-10-16/h1-10,15,17H,11-13H2/t15-,17-/m0/s1. The molecule has 0 aromatic heterocycles. The molecule has 2 atom stereocenters. The predicted octanol–water partition coefficient (Wildman–Crippen LogP) is 3.81. The number of carbonyl (C=O) groups excluding carboxylic acids is 1. The molecule has 2 nitrogen and oxygen atoms in total. The molecule has 0 N–H and O–H groups in total. The van der Waals surface area contributed by atoms with E-state index in [2.05, 4.69) is 24.3 Å². The number of rotatable bonds is 5. The Balaban J connectivity index is 1.62. The first-order chi connectivity index (χ1) is 10.3. The van der Waals surface area contributed by atoms with Gasteiger partial charge in [-0.15, -0.1) is 11.8 Å². The molecule has 1 saturated heterocycles. The molecule has 1 fully saturated rings. The van der Waals surface area contributed by atoms with Gasteiger partial charge in [-0.05, 0) is 24.1 Å². The van der Waals surface area contributed by atoms with Gasteiger partial charge in [0.1, 0.15) is 0 Å². The molecule has 2 aromatic rings. The lowest BCUT2D eigenvalue weighted by Crippen LogP contribution is -2.20. The van der Waals surface area contributed by atoms with Crippen molar-refractivity contribution in [3.63, 3.8) is 0 Å². The summed E-state index contributed by atoms with van der Waals surface area (Å²) in [5.41, 5.74) is 1.20. The average Bonchev–Trinajstić information content (AvgIpc) is 2.88. The van der Waals surface area contributed by atoms with Gasteiger partial charge in [0.2, 0.25) is 0 Å². The Morgan fingerprint density at radius 3 is 2.38 bits per heavy atom. The van der Waals surface area contributed by atoms with E-state index < -0.39 is 0 Å². The van der Waals surface area contributed by atoms with Crippen LogP contribution in [-0.4, -0.2) is 18.3 Å². The summed E-state index contributed by atoms with van der Waals surface area (Å²) >= 11 is 1.80. The third-order valence-corrected chi connectivity index (χ3v) is 5.02. The maximum Gasteiger partial charge on any atom is 0.309 e. The molecule has 0 unspecified atom stereocenters. The monoisotopic (exact) mass is 298 g/mol. The molecule has 0 bridgehead atoms. The minimum Gasteiger partial charge on any atom is -0.465 e. The highest BCUT2D eigenvalue weighted by Crippen LogP contribution is 2.31. The predicted molar refractivity (Wildman–Crippen MR) is 85.3 cm³/mol. The quantitative estimate of drug-likeness (QED) is 0.620. The minimum atomic E-state index is -0.0440. The van der Waals surface area contributed by atoms with Gasteiger partial charge < -0.3 is 4.74 Å². The second kappa shape index (κ2) is 6.81. The summed E-state index contributed by atoms with van der Waals surface area (Å²) in [6, 6.07) is 20.5. The smallest absolute Gasteiger partial charge is 0.309 e. The van der Waals surface area contributed by atoms with E-state index >= 15 is 0 Å². The molecule has 0 spiro atoms. The molecular formula is C18H18O2S. The van der Waals surface area contributed by atoms with Crippen molar-refractivity contribution in [3.05, 3.63) is 66.2 Å². The zero-order valence-corrected chi connectivity index (χ0v) is 12.6. The number of carbonyl (C=O) groups is 1. The highest BCUT2D eigenvalue weighted by atomic mass is 32.2. The molecule has 2 aromatic carbocycles. The summed E-state index contributed by atoms with van der Waals surface area (Å²) in [4.78, 5) is 13.2. The second-order valence-electron chi connectivity index (χ2n) is 5.31. The van der Waals surface area contributed by atoms with E-state index in [4.69, 9.17) is 4.74 Å². The molecule has 0 amide bonds. The Labute approximate surface area is 129 Å². The molecule has 1 aliphatic rings. The van der Waals surface area contributed by atoms with Gasteiger partial charge in [-0.3, -0.25) is 4.79 Å². The fraction of sp³-hybridized carbons (Fsp3) is 0.278. The Kier molecular flexibility index (Phi) is 4.61. The zero-order chi connectivity index (χ0) is 14.5. The van der Waals surface area contributed by atoms with E-state index in [1.165, 1.54) is 10.5 Å². The molecule has 3 rings (SSSR count). The summed E-state index contributed by atoms with van der Waals surface area (Å²) in [6.07, 6.45) is 0.777. The Morgan fingerprint density at radius 1 is 1.00 bits per heavy atom. The van der Waals surface area contributed by atoms with Gasteiger partial charge in [0.05, 0.1) is 12.5 Å². The molecule has 0 radical (unpaired) electrons. The Bertz CT molecular complexity index is 583. The van der Waals surface area contributed by atoms with Crippen molar-refractivity contribution in [2.24, 2.45) is 11.8 Å². The van der Waals surface area contributed by atoms with Crippen LogP contribution in [0.15, 0.2) is 65.6 Å². The summed E-state index contributed by atoms with van der Waals surface area (Å²) in [5.74, 6) is 1.16. The van der Waals surface area contributed by atoms with Crippen LogP contribution in [0.4, 0.5) is 0 Å². The van der Waals surface area contributed by atoms with Gasteiger partial charge in [-0.1, -0.05) is 48.5 Å². The minimum absolute atomic E-state index is 0.0105. The molecule has 3 heteroatoms. The van der Waals surface area contributed by atoms with Gasteiger partial charge in [-0.25, -0.2) is 0 Å². The van der Waals surface area contributed by atoms with Crippen molar-refractivity contribution in [1.82, 2.24) is 0 Å². The lowest BCUT2D eigenvalue weighted by Gasteiger charge is -2.14. The van der Waals surface area contributed by atoms with E-state index in [1.54, 1.807) is 11.8 Å². The van der Waals surface area contributed by atoms with Crippen LogP contribution in [0.3, 0.4) is 0 Å². The zero-order valence-electron chi connectivity index (χ0n) is 11.8. The number of thioether (sulfide) groups is 1.